The first-order chi connectivity index (χ1) is 13.9. The number of nitrogens with zero attached hydrogens (tertiary/aromatic N) is 2. The van der Waals surface area contributed by atoms with Crippen molar-refractivity contribution in [1.82, 2.24) is 9.13 Å². The molecule has 1 heterocycles. The number of amides is 1. The van der Waals surface area contributed by atoms with Crippen molar-refractivity contribution in [2.45, 2.75) is 6.54 Å². The van der Waals surface area contributed by atoms with Gasteiger partial charge in [0.05, 0.1) is 25.6 Å². The van der Waals surface area contributed by atoms with Gasteiger partial charge in [-0.3, -0.25) is 23.5 Å². The fourth-order valence-electron chi connectivity index (χ4n) is 2.77. The molecule has 9 heteroatoms. The fraction of sp³-hybridized carbons (Fsp3) is 0.150. The Kier molecular flexibility index (Phi) is 6.04. The quantitative estimate of drug-likeness (QED) is 0.624. The van der Waals surface area contributed by atoms with Crippen molar-refractivity contribution in [2.24, 2.45) is 0 Å². The zero-order valence-corrected chi connectivity index (χ0v) is 16.5. The van der Waals surface area contributed by atoms with E-state index in [-0.39, 0.29) is 6.54 Å². The lowest BCUT2D eigenvalue weighted by atomic mass is 10.3. The van der Waals surface area contributed by atoms with E-state index in [0.717, 1.165) is 4.57 Å². The van der Waals surface area contributed by atoms with Gasteiger partial charge in [0.25, 0.3) is 0 Å². The summed E-state index contributed by atoms with van der Waals surface area (Å²) < 4.78 is 12.6. The Morgan fingerprint density at radius 3 is 2.45 bits per heavy atom. The number of carbonyl (C=O) groups excluding carboxylic acids is 1. The van der Waals surface area contributed by atoms with Gasteiger partial charge in [0.15, 0.2) is 0 Å². The number of aromatic nitrogens is 2. The zero-order valence-electron chi connectivity index (χ0n) is 15.7. The Morgan fingerprint density at radius 1 is 1.00 bits per heavy atom. The van der Waals surface area contributed by atoms with Gasteiger partial charge in [-0.2, -0.15) is 0 Å². The third-order valence-corrected chi connectivity index (χ3v) is 4.39. The maximum absolute atomic E-state index is 12.5. The second-order valence-corrected chi connectivity index (χ2v) is 6.41. The van der Waals surface area contributed by atoms with E-state index >= 15 is 0 Å². The molecule has 0 aliphatic carbocycles. The van der Waals surface area contributed by atoms with Crippen molar-refractivity contribution in [2.75, 3.05) is 19.5 Å². The number of hydrogen-bond acceptors (Lipinski definition) is 5. The molecule has 1 aromatic heterocycles. The lowest BCUT2D eigenvalue weighted by molar-refractivity contribution is -0.116. The van der Waals surface area contributed by atoms with Crippen LogP contribution in [0.5, 0.6) is 11.5 Å². The third-order valence-electron chi connectivity index (χ3n) is 4.15. The number of hydrogen-bond donors (Lipinski definition) is 1. The van der Waals surface area contributed by atoms with Crippen LogP contribution in [0.2, 0.25) is 5.02 Å². The van der Waals surface area contributed by atoms with Crippen LogP contribution in [0.4, 0.5) is 5.69 Å². The Morgan fingerprint density at radius 2 is 1.72 bits per heavy atom. The highest BCUT2D eigenvalue weighted by molar-refractivity contribution is 6.31. The van der Waals surface area contributed by atoms with Gasteiger partial charge in [0.2, 0.25) is 5.91 Å². The first-order valence-corrected chi connectivity index (χ1v) is 8.91. The highest BCUT2D eigenvalue weighted by Crippen LogP contribution is 2.27. The zero-order chi connectivity index (χ0) is 21.0. The van der Waals surface area contributed by atoms with E-state index in [9.17, 15) is 14.4 Å². The molecule has 29 heavy (non-hydrogen) atoms. The third kappa shape index (κ3) is 4.33. The summed E-state index contributed by atoms with van der Waals surface area (Å²) in [5.41, 5.74) is -0.852. The summed E-state index contributed by atoms with van der Waals surface area (Å²) >= 11 is 5.95. The molecule has 0 saturated carbocycles. The van der Waals surface area contributed by atoms with Crippen LogP contribution in [-0.4, -0.2) is 29.3 Å². The van der Waals surface area contributed by atoms with Crippen LogP contribution in [0.1, 0.15) is 0 Å². The fourth-order valence-corrected chi connectivity index (χ4v) is 2.95. The molecule has 0 fully saturated rings. The van der Waals surface area contributed by atoms with E-state index in [1.54, 1.807) is 36.4 Å². The minimum Gasteiger partial charge on any atom is -0.495 e. The predicted octanol–water partition coefficient (Wildman–Crippen LogP) is 2.31. The number of para-hydroxylation sites is 2. The molecule has 0 aliphatic rings. The Balaban J connectivity index is 1.87. The first-order valence-electron chi connectivity index (χ1n) is 8.53. The van der Waals surface area contributed by atoms with Gasteiger partial charge < -0.3 is 14.8 Å². The number of rotatable bonds is 6. The molecule has 8 nitrogen and oxygen atoms in total. The monoisotopic (exact) mass is 415 g/mol. The van der Waals surface area contributed by atoms with E-state index in [1.807, 2.05) is 0 Å². The predicted molar refractivity (Wildman–Crippen MR) is 109 cm³/mol. The summed E-state index contributed by atoms with van der Waals surface area (Å²) in [5.74, 6) is 0.348. The van der Waals surface area contributed by atoms with Crippen LogP contribution in [0.3, 0.4) is 0 Å². The molecule has 1 amide bonds. The van der Waals surface area contributed by atoms with E-state index in [2.05, 4.69) is 5.32 Å². The van der Waals surface area contributed by atoms with Crippen molar-refractivity contribution in [3.05, 3.63) is 80.6 Å². The number of benzene rings is 2. The topological polar surface area (TPSA) is 91.6 Å². The maximum Gasteiger partial charge on any atom is 0.321 e. The summed E-state index contributed by atoms with van der Waals surface area (Å²) in [6.45, 7) is -0.351. The normalized spacial score (nSPS) is 10.4. The number of ether oxygens (including phenoxy) is 2. The second-order valence-electron chi connectivity index (χ2n) is 5.97. The van der Waals surface area contributed by atoms with E-state index in [0.29, 0.717) is 27.9 Å². The Labute approximate surface area is 170 Å². The van der Waals surface area contributed by atoms with Gasteiger partial charge in [0, 0.05) is 17.4 Å². The van der Waals surface area contributed by atoms with Gasteiger partial charge in [-0.1, -0.05) is 23.7 Å². The SMILES string of the molecule is COc1ccc(Cl)cc1NC(=O)Cn1ccn(-c2ccccc2OC)c(=O)c1=O. The van der Waals surface area contributed by atoms with E-state index < -0.39 is 17.0 Å². The number of methoxy groups -OCH3 is 2. The van der Waals surface area contributed by atoms with Crippen LogP contribution < -0.4 is 25.9 Å². The molecule has 0 aliphatic heterocycles. The molecule has 0 saturated heterocycles. The average Bonchev–Trinajstić information content (AvgIpc) is 2.72. The molecule has 2 aromatic carbocycles. The molecule has 150 valence electrons. The minimum absolute atomic E-state index is 0.351. The summed E-state index contributed by atoms with van der Waals surface area (Å²) in [4.78, 5) is 37.4. The lowest BCUT2D eigenvalue weighted by Gasteiger charge is -2.13. The van der Waals surface area contributed by atoms with Crippen LogP contribution in [-0.2, 0) is 11.3 Å². The molecular formula is C20H18ClN3O5. The lowest BCUT2D eigenvalue weighted by Crippen LogP contribution is -2.41. The van der Waals surface area contributed by atoms with Crippen LogP contribution in [0, 0.1) is 0 Å². The molecule has 1 N–H and O–H groups in total. The Hall–Kier alpha value is -3.52. The molecule has 0 spiro atoms. The summed E-state index contributed by atoms with van der Waals surface area (Å²) in [7, 11) is 2.93. The molecule has 3 rings (SSSR count). The highest BCUT2D eigenvalue weighted by Gasteiger charge is 2.14. The molecule has 0 unspecified atom stereocenters. The van der Waals surface area contributed by atoms with Crippen LogP contribution in [0.25, 0.3) is 5.69 Å². The highest BCUT2D eigenvalue weighted by atomic mass is 35.5. The second kappa shape index (κ2) is 8.66. The number of carbonyl (C=O) groups is 1. The standard InChI is InChI=1S/C20H18ClN3O5/c1-28-16-8-7-13(21)11-14(16)22-18(25)12-23-9-10-24(20(27)19(23)26)15-5-3-4-6-17(15)29-2/h3-11H,12H2,1-2H3,(H,22,25). The minimum atomic E-state index is -0.841. The molecule has 0 radical (unpaired) electrons. The largest absolute Gasteiger partial charge is 0.495 e. The molecule has 0 atom stereocenters. The number of anilines is 1. The van der Waals surface area contributed by atoms with Crippen molar-refractivity contribution in [3.8, 4) is 17.2 Å². The van der Waals surface area contributed by atoms with Crippen molar-refractivity contribution < 1.29 is 14.3 Å². The maximum atomic E-state index is 12.5. The van der Waals surface area contributed by atoms with Crippen molar-refractivity contribution in [3.63, 3.8) is 0 Å². The van der Waals surface area contributed by atoms with Crippen LogP contribution >= 0.6 is 11.6 Å². The van der Waals surface area contributed by atoms with Crippen molar-refractivity contribution >= 4 is 23.2 Å². The number of halogens is 1. The van der Waals surface area contributed by atoms with Crippen LogP contribution in [0.15, 0.2) is 64.4 Å². The average molecular weight is 416 g/mol. The first kappa shape index (κ1) is 20.2. The van der Waals surface area contributed by atoms with E-state index in [4.69, 9.17) is 21.1 Å². The summed E-state index contributed by atoms with van der Waals surface area (Å²) in [6.07, 6.45) is 2.78. The summed E-state index contributed by atoms with van der Waals surface area (Å²) in [6, 6.07) is 11.6. The van der Waals surface area contributed by atoms with Gasteiger partial charge in [0.1, 0.15) is 18.0 Å². The Bertz CT molecular complexity index is 1170. The van der Waals surface area contributed by atoms with Crippen molar-refractivity contribution in [1.29, 1.82) is 0 Å². The van der Waals surface area contributed by atoms with Gasteiger partial charge in [-0.25, -0.2) is 0 Å². The summed E-state index contributed by atoms with van der Waals surface area (Å²) in [5, 5.41) is 3.04. The van der Waals surface area contributed by atoms with E-state index in [1.165, 1.54) is 37.2 Å². The molecule has 0 bridgehead atoms. The molecular weight excluding hydrogens is 398 g/mol. The smallest absolute Gasteiger partial charge is 0.321 e. The molecule has 3 aromatic rings. The van der Waals surface area contributed by atoms with Gasteiger partial charge in [-0.05, 0) is 30.3 Å². The van der Waals surface area contributed by atoms with Gasteiger partial charge >= 0.3 is 11.1 Å². The van der Waals surface area contributed by atoms with Gasteiger partial charge in [-0.15, -0.1) is 0 Å². The number of nitrogens with one attached hydrogen (secondary N) is 1.